The van der Waals surface area contributed by atoms with E-state index in [1.165, 1.54) is 5.56 Å². The van der Waals surface area contributed by atoms with Gasteiger partial charge in [-0.3, -0.25) is 4.90 Å². The Labute approximate surface area is 125 Å². The summed E-state index contributed by atoms with van der Waals surface area (Å²) in [7, 11) is 4.08. The maximum atomic E-state index is 10.5. The van der Waals surface area contributed by atoms with Crippen molar-refractivity contribution in [2.75, 3.05) is 14.1 Å². The summed E-state index contributed by atoms with van der Waals surface area (Å²) in [6.45, 7) is 0. The largest absolute Gasteiger partial charge is 0.508 e. The van der Waals surface area contributed by atoms with Crippen molar-refractivity contribution in [2.24, 2.45) is 0 Å². The Morgan fingerprint density at radius 3 is 2.19 bits per heavy atom. The van der Waals surface area contributed by atoms with Crippen LogP contribution in [0, 0.1) is 0 Å². The average molecular weight is 277 g/mol. The van der Waals surface area contributed by atoms with Crippen LogP contribution in [0.2, 0.25) is 0 Å². The molecule has 0 aliphatic heterocycles. The van der Waals surface area contributed by atoms with Crippen molar-refractivity contribution in [3.05, 3.63) is 77.9 Å². The number of phenols is 1. The topological polar surface area (TPSA) is 23.5 Å². The van der Waals surface area contributed by atoms with Crippen molar-refractivity contribution in [1.82, 2.24) is 4.90 Å². The first kappa shape index (κ1) is 13.7. The quantitative estimate of drug-likeness (QED) is 0.775. The fourth-order valence-electron chi connectivity index (χ4n) is 2.93. The van der Waals surface area contributed by atoms with E-state index >= 15 is 0 Å². The van der Waals surface area contributed by atoms with Crippen LogP contribution in [0.5, 0.6) is 5.75 Å². The summed E-state index contributed by atoms with van der Waals surface area (Å²) in [5.41, 5.74) is 2.14. The van der Waals surface area contributed by atoms with Gasteiger partial charge in [-0.1, -0.05) is 60.7 Å². The van der Waals surface area contributed by atoms with Crippen molar-refractivity contribution in [2.45, 2.75) is 6.04 Å². The lowest BCUT2D eigenvalue weighted by molar-refractivity contribution is 0.333. The van der Waals surface area contributed by atoms with Gasteiger partial charge in [-0.05, 0) is 36.5 Å². The summed E-state index contributed by atoms with van der Waals surface area (Å²) >= 11 is 0. The highest BCUT2D eigenvalue weighted by Gasteiger charge is 2.22. The lowest BCUT2D eigenvalue weighted by Gasteiger charge is -2.27. The van der Waals surface area contributed by atoms with E-state index in [0.717, 1.165) is 16.3 Å². The van der Waals surface area contributed by atoms with Crippen LogP contribution in [0.15, 0.2) is 66.7 Å². The molecule has 0 spiro atoms. The monoisotopic (exact) mass is 277 g/mol. The van der Waals surface area contributed by atoms with Crippen molar-refractivity contribution in [1.29, 1.82) is 0 Å². The molecule has 21 heavy (non-hydrogen) atoms. The second-order valence-electron chi connectivity index (χ2n) is 5.50. The summed E-state index contributed by atoms with van der Waals surface area (Å²) in [5.74, 6) is 0.344. The number of benzene rings is 3. The van der Waals surface area contributed by atoms with Gasteiger partial charge < -0.3 is 5.11 Å². The molecule has 0 aliphatic rings. The van der Waals surface area contributed by atoms with Crippen LogP contribution in [-0.2, 0) is 0 Å². The van der Waals surface area contributed by atoms with Crippen molar-refractivity contribution in [3.63, 3.8) is 0 Å². The van der Waals surface area contributed by atoms with Crippen molar-refractivity contribution in [3.8, 4) is 5.75 Å². The fraction of sp³-hybridized carbons (Fsp3) is 0.158. The molecule has 0 aromatic heterocycles. The van der Waals surface area contributed by atoms with E-state index in [4.69, 9.17) is 0 Å². The van der Waals surface area contributed by atoms with E-state index in [1.807, 2.05) is 50.5 Å². The Hall–Kier alpha value is -2.32. The number of rotatable bonds is 3. The first-order valence-corrected chi connectivity index (χ1v) is 7.10. The van der Waals surface area contributed by atoms with Crippen LogP contribution >= 0.6 is 0 Å². The molecule has 0 aliphatic carbocycles. The lowest BCUT2D eigenvalue weighted by atomic mass is 9.92. The molecule has 3 aromatic carbocycles. The van der Waals surface area contributed by atoms with E-state index in [-0.39, 0.29) is 6.04 Å². The average Bonchev–Trinajstić information content (AvgIpc) is 2.51. The molecule has 0 radical (unpaired) electrons. The van der Waals surface area contributed by atoms with Crippen LogP contribution in [-0.4, -0.2) is 24.1 Å². The summed E-state index contributed by atoms with van der Waals surface area (Å²) < 4.78 is 0. The van der Waals surface area contributed by atoms with Crippen LogP contribution in [0.4, 0.5) is 0 Å². The minimum absolute atomic E-state index is 0.0253. The Kier molecular flexibility index (Phi) is 3.63. The van der Waals surface area contributed by atoms with E-state index in [1.54, 1.807) is 6.07 Å². The molecule has 3 rings (SSSR count). The van der Waals surface area contributed by atoms with Gasteiger partial charge in [-0.2, -0.15) is 0 Å². The third kappa shape index (κ3) is 2.50. The SMILES string of the molecule is CN(C)[C@@H](c1ccccc1)c1c(O)ccc2ccccc12. The van der Waals surface area contributed by atoms with Crippen molar-refractivity contribution < 1.29 is 5.11 Å². The number of phenolic OH excluding ortho intramolecular Hbond substituents is 1. The fourth-order valence-corrected chi connectivity index (χ4v) is 2.93. The van der Waals surface area contributed by atoms with Crippen molar-refractivity contribution >= 4 is 10.8 Å². The molecular formula is C19H19NO. The van der Waals surface area contributed by atoms with Gasteiger partial charge in [0.05, 0.1) is 6.04 Å². The highest BCUT2D eigenvalue weighted by atomic mass is 16.3. The maximum absolute atomic E-state index is 10.5. The van der Waals surface area contributed by atoms with E-state index < -0.39 is 0 Å². The van der Waals surface area contributed by atoms with Gasteiger partial charge in [0.1, 0.15) is 5.75 Å². The molecule has 1 N–H and O–H groups in total. The highest BCUT2D eigenvalue weighted by molar-refractivity contribution is 5.88. The molecule has 0 heterocycles. The third-order valence-corrected chi connectivity index (χ3v) is 3.85. The first-order valence-electron chi connectivity index (χ1n) is 7.10. The molecule has 3 aromatic rings. The van der Waals surface area contributed by atoms with Crippen LogP contribution in [0.25, 0.3) is 10.8 Å². The Morgan fingerprint density at radius 1 is 0.810 bits per heavy atom. The summed E-state index contributed by atoms with van der Waals surface area (Å²) in [6.07, 6.45) is 0. The van der Waals surface area contributed by atoms with Gasteiger partial charge >= 0.3 is 0 Å². The molecule has 0 saturated heterocycles. The van der Waals surface area contributed by atoms with Gasteiger partial charge in [0.25, 0.3) is 0 Å². The molecule has 1 atom stereocenters. The zero-order chi connectivity index (χ0) is 14.8. The molecule has 0 bridgehead atoms. The van der Waals surface area contributed by atoms with Gasteiger partial charge in [0, 0.05) is 5.56 Å². The summed E-state index contributed by atoms with van der Waals surface area (Å²) in [6, 6.07) is 22.3. The van der Waals surface area contributed by atoms with Gasteiger partial charge in [0.2, 0.25) is 0 Å². The minimum Gasteiger partial charge on any atom is -0.508 e. The number of aromatic hydroxyl groups is 1. The van der Waals surface area contributed by atoms with E-state index in [9.17, 15) is 5.11 Å². The zero-order valence-electron chi connectivity index (χ0n) is 12.3. The van der Waals surface area contributed by atoms with Gasteiger partial charge in [-0.25, -0.2) is 0 Å². The second kappa shape index (κ2) is 5.58. The Balaban J connectivity index is 2.28. The number of nitrogens with zero attached hydrogens (tertiary/aromatic N) is 1. The molecule has 0 unspecified atom stereocenters. The predicted molar refractivity (Wildman–Crippen MR) is 87.6 cm³/mol. The second-order valence-corrected chi connectivity index (χ2v) is 5.50. The maximum Gasteiger partial charge on any atom is 0.121 e. The van der Waals surface area contributed by atoms with Gasteiger partial charge in [0.15, 0.2) is 0 Å². The van der Waals surface area contributed by atoms with Gasteiger partial charge in [-0.15, -0.1) is 0 Å². The molecule has 2 nitrogen and oxygen atoms in total. The summed E-state index contributed by atoms with van der Waals surface area (Å²) in [4.78, 5) is 2.14. The normalized spacial score (nSPS) is 12.7. The van der Waals surface area contributed by atoms with Crippen LogP contribution in [0.3, 0.4) is 0 Å². The van der Waals surface area contributed by atoms with Crippen LogP contribution < -0.4 is 0 Å². The lowest BCUT2D eigenvalue weighted by Crippen LogP contribution is -2.21. The van der Waals surface area contributed by atoms with Crippen LogP contribution in [0.1, 0.15) is 17.2 Å². The number of hydrogen-bond acceptors (Lipinski definition) is 2. The molecule has 106 valence electrons. The zero-order valence-corrected chi connectivity index (χ0v) is 12.3. The molecule has 2 heteroatoms. The summed E-state index contributed by atoms with van der Waals surface area (Å²) in [5, 5.41) is 12.7. The number of hydrogen-bond donors (Lipinski definition) is 1. The smallest absolute Gasteiger partial charge is 0.121 e. The third-order valence-electron chi connectivity index (χ3n) is 3.85. The molecule has 0 fully saturated rings. The predicted octanol–water partition coefficient (Wildman–Crippen LogP) is 4.20. The Morgan fingerprint density at radius 2 is 1.48 bits per heavy atom. The first-order chi connectivity index (χ1) is 10.2. The molecule has 0 saturated carbocycles. The number of fused-ring (bicyclic) bond motifs is 1. The molecular weight excluding hydrogens is 258 g/mol. The van der Waals surface area contributed by atoms with E-state index in [0.29, 0.717) is 5.75 Å². The Bertz CT molecular complexity index is 750. The molecule has 0 amide bonds. The highest BCUT2D eigenvalue weighted by Crippen LogP contribution is 2.38. The minimum atomic E-state index is 0.0253. The van der Waals surface area contributed by atoms with E-state index in [2.05, 4.69) is 29.2 Å². The standard InChI is InChI=1S/C19H19NO/c1-20(2)19(15-9-4-3-5-10-15)18-16-11-7-6-8-14(16)12-13-17(18)21/h3-13,19,21H,1-2H3/t19-/m0/s1.